The molecule has 0 aliphatic rings. The molecule has 4 nitrogen and oxygen atoms in total. The van der Waals surface area contributed by atoms with E-state index in [1.165, 1.54) is 12.1 Å². The molecule has 5 heteroatoms. The van der Waals surface area contributed by atoms with Crippen molar-refractivity contribution in [2.75, 3.05) is 0 Å². The zero-order chi connectivity index (χ0) is 12.3. The van der Waals surface area contributed by atoms with Crippen LogP contribution in [-0.2, 0) is 6.54 Å². The number of aromatic nitrogens is 2. The van der Waals surface area contributed by atoms with Gasteiger partial charge in [0.25, 0.3) is 0 Å². The topological polar surface area (TPSA) is 44.1 Å². The molecule has 0 atom stereocenters. The van der Waals surface area contributed by atoms with Crippen molar-refractivity contribution in [3.63, 3.8) is 0 Å². The van der Waals surface area contributed by atoms with Gasteiger partial charge in [0.1, 0.15) is 11.6 Å². The fraction of sp³-hybridized carbons (Fsp3) is 0.167. The summed E-state index contributed by atoms with van der Waals surface area (Å²) in [5.41, 5.74) is 0.175. The lowest BCUT2D eigenvalue weighted by molar-refractivity contribution is 0.112. The molecule has 0 fully saturated rings. The average Bonchev–Trinajstić information content (AvgIpc) is 2.79. The highest BCUT2D eigenvalue weighted by Gasteiger charge is 2.07. The third-order valence-corrected chi connectivity index (χ3v) is 2.26. The molecule has 0 N–H and O–H groups in total. The van der Waals surface area contributed by atoms with E-state index in [-0.39, 0.29) is 5.56 Å². The fourth-order valence-corrected chi connectivity index (χ4v) is 1.40. The molecule has 1 heterocycles. The predicted molar refractivity (Wildman–Crippen MR) is 59.8 cm³/mol. The first-order valence-corrected chi connectivity index (χ1v) is 5.18. The molecule has 1 aromatic carbocycles. The molecule has 0 bridgehead atoms. The van der Waals surface area contributed by atoms with Crippen LogP contribution in [0.15, 0.2) is 30.6 Å². The molecule has 0 aliphatic heterocycles. The maximum atomic E-state index is 12.9. The van der Waals surface area contributed by atoms with Gasteiger partial charge in [-0.1, -0.05) is 0 Å². The molecule has 0 amide bonds. The third-order valence-electron chi connectivity index (χ3n) is 2.26. The fourth-order valence-electron chi connectivity index (χ4n) is 1.40. The standard InChI is InChI=1S/C12H11FN2O2/c1-2-15-7-11(6-14-15)17-12-4-3-10(13)5-9(12)8-16/h3-8H,2H2,1H3. The van der Waals surface area contributed by atoms with Crippen LogP contribution in [0.5, 0.6) is 11.5 Å². The van der Waals surface area contributed by atoms with Crippen LogP contribution in [-0.4, -0.2) is 16.1 Å². The Morgan fingerprint density at radius 1 is 1.53 bits per heavy atom. The number of rotatable bonds is 4. The average molecular weight is 234 g/mol. The van der Waals surface area contributed by atoms with E-state index < -0.39 is 5.82 Å². The lowest BCUT2D eigenvalue weighted by Crippen LogP contribution is -1.93. The number of nitrogens with zero attached hydrogens (tertiary/aromatic N) is 2. The van der Waals surface area contributed by atoms with Gasteiger partial charge in [-0.2, -0.15) is 5.10 Å². The van der Waals surface area contributed by atoms with Crippen molar-refractivity contribution in [3.8, 4) is 11.5 Å². The summed E-state index contributed by atoms with van der Waals surface area (Å²) >= 11 is 0. The smallest absolute Gasteiger partial charge is 0.165 e. The van der Waals surface area contributed by atoms with E-state index in [2.05, 4.69) is 5.10 Å². The van der Waals surface area contributed by atoms with E-state index in [0.29, 0.717) is 17.8 Å². The van der Waals surface area contributed by atoms with Crippen molar-refractivity contribution in [2.24, 2.45) is 0 Å². The summed E-state index contributed by atoms with van der Waals surface area (Å²) in [7, 11) is 0. The van der Waals surface area contributed by atoms with E-state index in [1.54, 1.807) is 17.1 Å². The van der Waals surface area contributed by atoms with E-state index >= 15 is 0 Å². The normalized spacial score (nSPS) is 10.2. The van der Waals surface area contributed by atoms with Crippen LogP contribution in [0, 0.1) is 5.82 Å². The van der Waals surface area contributed by atoms with Crippen LogP contribution in [0.25, 0.3) is 0 Å². The van der Waals surface area contributed by atoms with Gasteiger partial charge in [-0.25, -0.2) is 4.39 Å². The highest BCUT2D eigenvalue weighted by Crippen LogP contribution is 2.24. The molecule has 2 rings (SSSR count). The van der Waals surface area contributed by atoms with Gasteiger partial charge in [0.15, 0.2) is 12.0 Å². The van der Waals surface area contributed by atoms with Crippen LogP contribution in [0.3, 0.4) is 0 Å². The quantitative estimate of drug-likeness (QED) is 0.764. The molecule has 0 saturated heterocycles. The summed E-state index contributed by atoms with van der Waals surface area (Å²) in [4.78, 5) is 10.8. The number of carbonyl (C=O) groups is 1. The number of aryl methyl sites for hydroxylation is 1. The molecule has 2 aromatic rings. The minimum Gasteiger partial charge on any atom is -0.453 e. The monoisotopic (exact) mass is 234 g/mol. The first kappa shape index (κ1) is 11.3. The Kier molecular flexibility index (Phi) is 3.18. The minimum absolute atomic E-state index is 0.175. The number of halogens is 1. The van der Waals surface area contributed by atoms with Crippen molar-refractivity contribution in [1.82, 2.24) is 9.78 Å². The van der Waals surface area contributed by atoms with Gasteiger partial charge >= 0.3 is 0 Å². The zero-order valence-corrected chi connectivity index (χ0v) is 9.26. The SMILES string of the molecule is CCn1cc(Oc2ccc(F)cc2C=O)cn1. The maximum Gasteiger partial charge on any atom is 0.165 e. The Morgan fingerprint density at radius 3 is 3.00 bits per heavy atom. The summed E-state index contributed by atoms with van der Waals surface area (Å²) in [6.45, 7) is 2.68. The number of aldehydes is 1. The van der Waals surface area contributed by atoms with Crippen molar-refractivity contribution in [2.45, 2.75) is 13.5 Å². The number of carbonyl (C=O) groups excluding carboxylic acids is 1. The first-order valence-electron chi connectivity index (χ1n) is 5.18. The van der Waals surface area contributed by atoms with Crippen LogP contribution >= 0.6 is 0 Å². The second-order valence-corrected chi connectivity index (χ2v) is 3.43. The van der Waals surface area contributed by atoms with Crippen LogP contribution < -0.4 is 4.74 Å². The third kappa shape index (κ3) is 2.50. The van der Waals surface area contributed by atoms with E-state index in [4.69, 9.17) is 4.74 Å². The van der Waals surface area contributed by atoms with Gasteiger partial charge in [0.2, 0.25) is 0 Å². The lowest BCUT2D eigenvalue weighted by atomic mass is 10.2. The number of ether oxygens (including phenoxy) is 1. The molecule has 1 aromatic heterocycles. The van der Waals surface area contributed by atoms with Gasteiger partial charge in [0, 0.05) is 6.54 Å². The highest BCUT2D eigenvalue weighted by molar-refractivity contribution is 5.79. The summed E-state index contributed by atoms with van der Waals surface area (Å²) in [5, 5.41) is 4.03. The lowest BCUT2D eigenvalue weighted by Gasteiger charge is -2.05. The van der Waals surface area contributed by atoms with E-state index in [9.17, 15) is 9.18 Å². The summed E-state index contributed by atoms with van der Waals surface area (Å²) in [5.74, 6) is 0.363. The maximum absolute atomic E-state index is 12.9. The van der Waals surface area contributed by atoms with Crippen LogP contribution in [0.4, 0.5) is 4.39 Å². The number of benzene rings is 1. The molecular formula is C12H11FN2O2. The largest absolute Gasteiger partial charge is 0.453 e. The molecule has 0 unspecified atom stereocenters. The van der Waals surface area contributed by atoms with Crippen molar-refractivity contribution < 1.29 is 13.9 Å². The Labute approximate surface area is 97.6 Å². The molecule has 0 aliphatic carbocycles. The summed E-state index contributed by atoms with van der Waals surface area (Å²) < 4.78 is 20.1. The molecule has 0 spiro atoms. The highest BCUT2D eigenvalue weighted by atomic mass is 19.1. The van der Waals surface area contributed by atoms with Crippen LogP contribution in [0.1, 0.15) is 17.3 Å². The number of hydrogen-bond acceptors (Lipinski definition) is 3. The first-order chi connectivity index (χ1) is 8.22. The minimum atomic E-state index is -0.469. The van der Waals surface area contributed by atoms with Crippen LogP contribution in [0.2, 0.25) is 0 Å². The van der Waals surface area contributed by atoms with Gasteiger partial charge in [0.05, 0.1) is 18.0 Å². The molecule has 88 valence electrons. The molecule has 17 heavy (non-hydrogen) atoms. The Hall–Kier alpha value is -2.17. The van der Waals surface area contributed by atoms with E-state index in [0.717, 1.165) is 12.6 Å². The van der Waals surface area contributed by atoms with Gasteiger partial charge in [-0.15, -0.1) is 0 Å². The van der Waals surface area contributed by atoms with E-state index in [1.807, 2.05) is 6.92 Å². The van der Waals surface area contributed by atoms with Crippen molar-refractivity contribution in [1.29, 1.82) is 0 Å². The second-order valence-electron chi connectivity index (χ2n) is 3.43. The van der Waals surface area contributed by atoms with Gasteiger partial charge in [-0.05, 0) is 25.1 Å². The molecule has 0 radical (unpaired) electrons. The summed E-state index contributed by atoms with van der Waals surface area (Å²) in [6, 6.07) is 3.79. The van der Waals surface area contributed by atoms with Crippen molar-refractivity contribution in [3.05, 3.63) is 42.0 Å². The molecule has 0 saturated carbocycles. The van der Waals surface area contributed by atoms with Gasteiger partial charge in [-0.3, -0.25) is 9.48 Å². The van der Waals surface area contributed by atoms with Gasteiger partial charge < -0.3 is 4.74 Å². The Balaban J connectivity index is 2.26. The second kappa shape index (κ2) is 4.78. The Bertz CT molecular complexity index is 537. The predicted octanol–water partition coefficient (Wildman–Crippen LogP) is 2.65. The Morgan fingerprint density at radius 2 is 2.35 bits per heavy atom. The summed E-state index contributed by atoms with van der Waals surface area (Å²) in [6.07, 6.45) is 3.81. The molecular weight excluding hydrogens is 223 g/mol. The van der Waals surface area contributed by atoms with Crippen molar-refractivity contribution >= 4 is 6.29 Å². The zero-order valence-electron chi connectivity index (χ0n) is 9.26. The number of hydrogen-bond donors (Lipinski definition) is 0.